The number of ketones is 1. The van der Waals surface area contributed by atoms with E-state index >= 15 is 0 Å². The highest BCUT2D eigenvalue weighted by Crippen LogP contribution is 2.39. The van der Waals surface area contributed by atoms with Crippen molar-refractivity contribution in [1.82, 2.24) is 0 Å². The van der Waals surface area contributed by atoms with Gasteiger partial charge in [0, 0.05) is 5.56 Å². The van der Waals surface area contributed by atoms with Crippen molar-refractivity contribution in [3.05, 3.63) is 47.5 Å². The molecule has 156 valence electrons. The summed E-state index contributed by atoms with van der Waals surface area (Å²) in [5, 5.41) is 0. The van der Waals surface area contributed by atoms with Crippen molar-refractivity contribution >= 4 is 11.9 Å². The molecule has 0 aliphatic carbocycles. The lowest BCUT2D eigenvalue weighted by Crippen LogP contribution is -2.03. The number of carbonyl (C=O) groups is 1. The molecule has 0 fully saturated rings. The first-order valence-electron chi connectivity index (χ1n) is 9.58. The molecular formula is C23H28O6. The maximum Gasteiger partial charge on any atom is 0.203 e. The topological polar surface area (TPSA) is 63.2 Å². The lowest BCUT2D eigenvalue weighted by atomic mass is 10.1. The first kappa shape index (κ1) is 22.1. The molecule has 2 aromatic carbocycles. The van der Waals surface area contributed by atoms with E-state index in [1.54, 1.807) is 31.4 Å². The fourth-order valence-electron chi connectivity index (χ4n) is 2.76. The Kier molecular flexibility index (Phi) is 8.40. The average molecular weight is 400 g/mol. The van der Waals surface area contributed by atoms with Crippen LogP contribution in [0.4, 0.5) is 0 Å². The van der Waals surface area contributed by atoms with Crippen molar-refractivity contribution < 1.29 is 28.5 Å². The summed E-state index contributed by atoms with van der Waals surface area (Å²) in [6.07, 6.45) is 3.22. The Hall–Kier alpha value is -3.15. The van der Waals surface area contributed by atoms with E-state index in [-0.39, 0.29) is 5.78 Å². The molecule has 0 radical (unpaired) electrons. The Morgan fingerprint density at radius 2 is 1.38 bits per heavy atom. The van der Waals surface area contributed by atoms with E-state index in [1.165, 1.54) is 13.2 Å². The van der Waals surface area contributed by atoms with E-state index in [4.69, 9.17) is 23.7 Å². The van der Waals surface area contributed by atoms with Crippen LogP contribution in [0.1, 0.15) is 36.7 Å². The molecule has 0 heterocycles. The van der Waals surface area contributed by atoms with Crippen molar-refractivity contribution in [2.45, 2.75) is 20.8 Å². The highest BCUT2D eigenvalue weighted by atomic mass is 16.5. The predicted octanol–water partition coefficient (Wildman–Crippen LogP) is 4.80. The van der Waals surface area contributed by atoms with Gasteiger partial charge in [-0.05, 0) is 62.7 Å². The molecular weight excluding hydrogens is 372 g/mol. The Morgan fingerprint density at radius 3 is 1.90 bits per heavy atom. The maximum absolute atomic E-state index is 12.6. The second-order valence-electron chi connectivity index (χ2n) is 5.91. The fourth-order valence-corrected chi connectivity index (χ4v) is 2.76. The minimum absolute atomic E-state index is 0.157. The molecule has 0 bridgehead atoms. The van der Waals surface area contributed by atoms with E-state index in [0.29, 0.717) is 54.1 Å². The number of rotatable bonds is 11. The van der Waals surface area contributed by atoms with Crippen LogP contribution in [-0.2, 0) is 0 Å². The molecule has 2 aromatic rings. The van der Waals surface area contributed by atoms with E-state index in [0.717, 1.165) is 5.56 Å². The molecule has 6 heteroatoms. The maximum atomic E-state index is 12.6. The number of ether oxygens (including phenoxy) is 5. The molecule has 29 heavy (non-hydrogen) atoms. The fraction of sp³-hybridized carbons (Fsp3) is 0.348. The minimum Gasteiger partial charge on any atom is -0.493 e. The highest BCUT2D eigenvalue weighted by molar-refractivity contribution is 6.07. The zero-order valence-corrected chi connectivity index (χ0v) is 17.6. The van der Waals surface area contributed by atoms with E-state index in [2.05, 4.69) is 0 Å². The van der Waals surface area contributed by atoms with Crippen LogP contribution < -0.4 is 23.7 Å². The molecule has 0 N–H and O–H groups in total. The highest BCUT2D eigenvalue weighted by Gasteiger charge is 2.14. The van der Waals surface area contributed by atoms with Crippen LogP contribution >= 0.6 is 0 Å². The second-order valence-corrected chi connectivity index (χ2v) is 5.91. The Labute approximate surface area is 172 Å². The average Bonchev–Trinajstić information content (AvgIpc) is 2.74. The summed E-state index contributed by atoms with van der Waals surface area (Å²) in [6.45, 7) is 7.18. The molecule has 6 nitrogen and oxygen atoms in total. The normalized spacial score (nSPS) is 10.7. The molecule has 0 aromatic heterocycles. The van der Waals surface area contributed by atoms with Crippen molar-refractivity contribution in [3.63, 3.8) is 0 Å². The lowest BCUT2D eigenvalue weighted by molar-refractivity contribution is 0.104. The van der Waals surface area contributed by atoms with E-state index in [1.807, 2.05) is 32.9 Å². The molecule has 0 unspecified atom stereocenters. The van der Waals surface area contributed by atoms with Crippen LogP contribution in [0.3, 0.4) is 0 Å². The van der Waals surface area contributed by atoms with Gasteiger partial charge in [0.1, 0.15) is 0 Å². The molecule has 2 rings (SSSR count). The van der Waals surface area contributed by atoms with Crippen molar-refractivity contribution in [1.29, 1.82) is 0 Å². The van der Waals surface area contributed by atoms with Gasteiger partial charge in [-0.1, -0.05) is 6.08 Å². The largest absolute Gasteiger partial charge is 0.493 e. The Balaban J connectivity index is 2.34. The molecule has 0 aliphatic heterocycles. The van der Waals surface area contributed by atoms with E-state index < -0.39 is 0 Å². The second kappa shape index (κ2) is 11.0. The standard InChI is InChI=1S/C23H28O6/c1-6-27-21-13-16(14-22(28-7-2)23(21)29-8-3)9-11-18(24)17-10-12-19(25-4)20(15-17)26-5/h9-15H,6-8H2,1-5H3/b11-9+. The molecule has 0 aliphatic rings. The Bertz CT molecular complexity index is 829. The summed E-state index contributed by atoms with van der Waals surface area (Å²) < 4.78 is 27.6. The van der Waals surface area contributed by atoms with Crippen LogP contribution in [0, 0.1) is 0 Å². The molecule has 0 atom stereocenters. The summed E-state index contributed by atoms with van der Waals surface area (Å²) >= 11 is 0. The van der Waals surface area contributed by atoms with Crippen LogP contribution in [0.2, 0.25) is 0 Å². The van der Waals surface area contributed by atoms with Crippen LogP contribution in [0.25, 0.3) is 6.08 Å². The Morgan fingerprint density at radius 1 is 0.793 bits per heavy atom. The predicted molar refractivity (Wildman–Crippen MR) is 113 cm³/mol. The number of hydrogen-bond acceptors (Lipinski definition) is 6. The number of hydrogen-bond donors (Lipinski definition) is 0. The van der Waals surface area contributed by atoms with Gasteiger partial charge in [-0.25, -0.2) is 0 Å². The first-order chi connectivity index (χ1) is 14.1. The van der Waals surface area contributed by atoms with Gasteiger partial charge in [0.25, 0.3) is 0 Å². The monoisotopic (exact) mass is 400 g/mol. The third kappa shape index (κ3) is 5.67. The van der Waals surface area contributed by atoms with Crippen molar-refractivity contribution in [3.8, 4) is 28.7 Å². The SMILES string of the molecule is CCOc1cc(/C=C/C(=O)c2ccc(OC)c(OC)c2)cc(OCC)c1OCC. The van der Waals surface area contributed by atoms with Gasteiger partial charge < -0.3 is 23.7 Å². The zero-order chi connectivity index (χ0) is 21.2. The first-order valence-corrected chi connectivity index (χ1v) is 9.58. The summed E-state index contributed by atoms with van der Waals surface area (Å²) in [5.41, 5.74) is 1.27. The third-order valence-electron chi connectivity index (χ3n) is 4.03. The van der Waals surface area contributed by atoms with Gasteiger partial charge in [0.2, 0.25) is 5.75 Å². The van der Waals surface area contributed by atoms with Gasteiger partial charge in [-0.15, -0.1) is 0 Å². The smallest absolute Gasteiger partial charge is 0.203 e. The van der Waals surface area contributed by atoms with Crippen LogP contribution in [-0.4, -0.2) is 39.8 Å². The van der Waals surface area contributed by atoms with Gasteiger partial charge in [-0.3, -0.25) is 4.79 Å². The molecule has 0 amide bonds. The van der Waals surface area contributed by atoms with Crippen molar-refractivity contribution in [2.75, 3.05) is 34.0 Å². The van der Waals surface area contributed by atoms with E-state index in [9.17, 15) is 4.79 Å². The van der Waals surface area contributed by atoms with Crippen LogP contribution in [0.15, 0.2) is 36.4 Å². The number of methoxy groups -OCH3 is 2. The van der Waals surface area contributed by atoms with Gasteiger partial charge in [0.15, 0.2) is 28.8 Å². The molecule has 0 saturated carbocycles. The minimum atomic E-state index is -0.157. The number of benzene rings is 2. The quantitative estimate of drug-likeness (QED) is 0.399. The van der Waals surface area contributed by atoms with Gasteiger partial charge in [-0.2, -0.15) is 0 Å². The summed E-state index contributed by atoms with van der Waals surface area (Å²) in [5.74, 6) is 2.65. The number of allylic oxidation sites excluding steroid dienone is 1. The lowest BCUT2D eigenvalue weighted by Gasteiger charge is -2.16. The van der Waals surface area contributed by atoms with Crippen LogP contribution in [0.5, 0.6) is 28.7 Å². The summed E-state index contributed by atoms with van der Waals surface area (Å²) in [7, 11) is 3.09. The molecule has 0 spiro atoms. The van der Waals surface area contributed by atoms with Crippen molar-refractivity contribution in [2.24, 2.45) is 0 Å². The number of carbonyl (C=O) groups excluding carboxylic acids is 1. The summed E-state index contributed by atoms with van der Waals surface area (Å²) in [6, 6.07) is 8.71. The van der Waals surface area contributed by atoms with Gasteiger partial charge in [0.05, 0.1) is 34.0 Å². The summed E-state index contributed by atoms with van der Waals surface area (Å²) in [4.78, 5) is 12.6. The third-order valence-corrected chi connectivity index (χ3v) is 4.03. The zero-order valence-electron chi connectivity index (χ0n) is 17.6. The van der Waals surface area contributed by atoms with Gasteiger partial charge >= 0.3 is 0 Å². The molecule has 0 saturated heterocycles.